The maximum atomic E-state index is 13.8. The maximum absolute atomic E-state index is 13.8. The number of Topliss-reactive ketones (excluding diaryl/α,β-unsaturated/α-hetero) is 2. The van der Waals surface area contributed by atoms with E-state index in [9.17, 15) is 29.1 Å². The van der Waals surface area contributed by atoms with Gasteiger partial charge in [0, 0.05) is 37.6 Å². The van der Waals surface area contributed by atoms with Crippen LogP contribution in [0.3, 0.4) is 0 Å². The number of ketones is 2. The molecule has 2 fully saturated rings. The summed E-state index contributed by atoms with van der Waals surface area (Å²) in [5.41, 5.74) is -0.282. The Hall–Kier alpha value is -3.63. The fourth-order valence-electron chi connectivity index (χ4n) is 5.07. The SMILES string of the molecule is O=C1C2=C(C(=O)c3c(OC(=O)C4CCOCC4)cccc31)C(OC(=O)C1CCOCC1)=CC(C(=O)O)C2. The first-order valence-corrected chi connectivity index (χ1v) is 12.3. The van der Waals surface area contributed by atoms with Gasteiger partial charge in [-0.25, -0.2) is 0 Å². The van der Waals surface area contributed by atoms with Crippen LogP contribution < -0.4 is 4.74 Å². The van der Waals surface area contributed by atoms with E-state index in [2.05, 4.69) is 0 Å². The van der Waals surface area contributed by atoms with Crippen molar-refractivity contribution in [1.82, 2.24) is 0 Å². The highest BCUT2D eigenvalue weighted by Gasteiger charge is 2.42. The molecule has 0 spiro atoms. The molecule has 4 aliphatic rings. The predicted octanol–water partition coefficient (Wildman–Crippen LogP) is 2.65. The molecule has 0 saturated carbocycles. The Labute approximate surface area is 212 Å². The van der Waals surface area contributed by atoms with Gasteiger partial charge < -0.3 is 24.1 Å². The van der Waals surface area contributed by atoms with Crippen molar-refractivity contribution < 1.29 is 48.0 Å². The molecule has 2 heterocycles. The van der Waals surface area contributed by atoms with Gasteiger partial charge in [0.15, 0.2) is 5.78 Å². The summed E-state index contributed by atoms with van der Waals surface area (Å²) in [6.07, 6.45) is 2.82. The smallest absolute Gasteiger partial charge is 0.314 e. The highest BCUT2D eigenvalue weighted by atomic mass is 16.5. The zero-order valence-electron chi connectivity index (χ0n) is 20.0. The molecule has 2 saturated heterocycles. The van der Waals surface area contributed by atoms with Crippen LogP contribution >= 0.6 is 0 Å². The summed E-state index contributed by atoms with van der Waals surface area (Å²) in [5, 5.41) is 9.66. The van der Waals surface area contributed by atoms with Crippen molar-refractivity contribution >= 4 is 29.5 Å². The summed E-state index contributed by atoms with van der Waals surface area (Å²) in [6.45, 7) is 1.63. The molecule has 1 aromatic carbocycles. The molecule has 1 atom stereocenters. The first kappa shape index (κ1) is 25.0. The van der Waals surface area contributed by atoms with Crippen LogP contribution in [0.2, 0.25) is 0 Å². The third-order valence-electron chi connectivity index (χ3n) is 7.17. The van der Waals surface area contributed by atoms with Crippen LogP contribution in [0.4, 0.5) is 0 Å². The third kappa shape index (κ3) is 4.86. The van der Waals surface area contributed by atoms with Crippen molar-refractivity contribution in [3.05, 3.63) is 52.3 Å². The quantitative estimate of drug-likeness (QED) is 0.464. The molecule has 2 aliphatic heterocycles. The van der Waals surface area contributed by atoms with Crippen molar-refractivity contribution in [2.24, 2.45) is 17.8 Å². The minimum Gasteiger partial charge on any atom is -0.481 e. The maximum Gasteiger partial charge on any atom is 0.314 e. The van der Waals surface area contributed by atoms with E-state index in [1.165, 1.54) is 24.3 Å². The molecule has 10 nitrogen and oxygen atoms in total. The number of benzene rings is 1. The van der Waals surface area contributed by atoms with E-state index >= 15 is 0 Å². The Morgan fingerprint density at radius 3 is 2.03 bits per heavy atom. The minimum absolute atomic E-state index is 0.0159. The van der Waals surface area contributed by atoms with E-state index in [1.54, 1.807) is 0 Å². The van der Waals surface area contributed by atoms with Gasteiger partial charge in [0.05, 0.1) is 28.9 Å². The molecule has 10 heteroatoms. The zero-order valence-corrected chi connectivity index (χ0v) is 20.0. The van der Waals surface area contributed by atoms with Gasteiger partial charge in [-0.1, -0.05) is 12.1 Å². The van der Waals surface area contributed by atoms with Crippen molar-refractivity contribution in [1.29, 1.82) is 0 Å². The van der Waals surface area contributed by atoms with Crippen LogP contribution in [0.1, 0.15) is 52.8 Å². The van der Waals surface area contributed by atoms with Crippen LogP contribution in [0.25, 0.3) is 0 Å². The molecule has 1 N–H and O–H groups in total. The van der Waals surface area contributed by atoms with Crippen molar-refractivity contribution in [2.45, 2.75) is 32.1 Å². The number of hydrogen-bond acceptors (Lipinski definition) is 9. The Kier molecular flexibility index (Phi) is 7.03. The Balaban J connectivity index is 1.49. The van der Waals surface area contributed by atoms with Crippen molar-refractivity contribution in [2.75, 3.05) is 26.4 Å². The lowest BCUT2D eigenvalue weighted by molar-refractivity contribution is -0.147. The Morgan fingerprint density at radius 2 is 1.43 bits per heavy atom. The van der Waals surface area contributed by atoms with Crippen LogP contribution in [0, 0.1) is 17.8 Å². The number of ether oxygens (including phenoxy) is 4. The Morgan fingerprint density at radius 1 is 0.838 bits per heavy atom. The fourth-order valence-corrected chi connectivity index (χ4v) is 5.07. The number of hydrogen-bond donors (Lipinski definition) is 1. The highest BCUT2D eigenvalue weighted by Crippen LogP contribution is 2.41. The standard InChI is InChI=1S/C27H26O10/c28-23-17-2-1-3-19(36-26(32)14-4-8-34-9-5-14)21(17)24(29)22-18(23)12-16(25(30)31)13-20(22)37-27(33)15-6-10-35-11-7-15/h1-3,13-16H,4-12H2,(H,30,31). The van der Waals surface area contributed by atoms with Crippen LogP contribution in [0.5, 0.6) is 5.75 Å². The second-order valence-electron chi connectivity index (χ2n) is 9.49. The summed E-state index contributed by atoms with van der Waals surface area (Å²) in [5.74, 6) is -5.89. The average Bonchev–Trinajstić information content (AvgIpc) is 2.92. The molecule has 0 aromatic heterocycles. The van der Waals surface area contributed by atoms with Gasteiger partial charge in [0.2, 0.25) is 5.78 Å². The number of rotatable bonds is 5. The first-order valence-electron chi connectivity index (χ1n) is 12.3. The molecule has 37 heavy (non-hydrogen) atoms. The summed E-state index contributed by atoms with van der Waals surface area (Å²) >= 11 is 0. The van der Waals surface area contributed by atoms with Gasteiger partial charge in [-0.05, 0) is 44.2 Å². The topological polar surface area (TPSA) is 142 Å². The van der Waals surface area contributed by atoms with E-state index < -0.39 is 47.2 Å². The van der Waals surface area contributed by atoms with Gasteiger partial charge in [-0.2, -0.15) is 0 Å². The summed E-state index contributed by atoms with van der Waals surface area (Å²) in [6, 6.07) is 4.38. The number of aliphatic carboxylic acids is 1. The molecule has 0 amide bonds. The molecular weight excluding hydrogens is 484 g/mol. The van der Waals surface area contributed by atoms with Crippen LogP contribution in [0.15, 0.2) is 41.2 Å². The van der Waals surface area contributed by atoms with Gasteiger partial charge in [-0.3, -0.25) is 24.0 Å². The highest BCUT2D eigenvalue weighted by molar-refractivity contribution is 6.29. The van der Waals surface area contributed by atoms with E-state index in [0.717, 1.165) is 0 Å². The van der Waals surface area contributed by atoms with Crippen molar-refractivity contribution in [3.8, 4) is 5.75 Å². The number of carbonyl (C=O) groups is 5. The predicted molar refractivity (Wildman–Crippen MR) is 125 cm³/mol. The molecule has 2 aliphatic carbocycles. The molecular formula is C27H26O10. The zero-order chi connectivity index (χ0) is 26.1. The summed E-state index contributed by atoms with van der Waals surface area (Å²) in [4.78, 5) is 64.8. The molecule has 194 valence electrons. The fraction of sp³-hybridized carbons (Fsp3) is 0.444. The van der Waals surface area contributed by atoms with Gasteiger partial charge in [0.25, 0.3) is 0 Å². The molecule has 1 aromatic rings. The van der Waals surface area contributed by atoms with E-state index in [-0.39, 0.29) is 40.2 Å². The molecule has 0 bridgehead atoms. The van der Waals surface area contributed by atoms with Gasteiger partial charge in [-0.15, -0.1) is 0 Å². The lowest BCUT2D eigenvalue weighted by Crippen LogP contribution is -2.33. The van der Waals surface area contributed by atoms with Crippen LogP contribution in [-0.4, -0.2) is 61.0 Å². The normalized spacial score (nSPS) is 22.6. The van der Waals surface area contributed by atoms with E-state index in [0.29, 0.717) is 52.1 Å². The number of carbonyl (C=O) groups excluding carboxylic acids is 4. The molecule has 5 rings (SSSR count). The number of fused-ring (bicyclic) bond motifs is 1. The number of carboxylic acid groups (broad SMARTS) is 1. The van der Waals surface area contributed by atoms with Gasteiger partial charge >= 0.3 is 17.9 Å². The lowest BCUT2D eigenvalue weighted by Gasteiger charge is -2.29. The molecule has 1 unspecified atom stereocenters. The lowest BCUT2D eigenvalue weighted by atomic mass is 9.76. The van der Waals surface area contributed by atoms with Crippen molar-refractivity contribution in [3.63, 3.8) is 0 Å². The van der Waals surface area contributed by atoms with E-state index in [4.69, 9.17) is 18.9 Å². The average molecular weight is 510 g/mol. The molecule has 0 radical (unpaired) electrons. The number of esters is 2. The summed E-state index contributed by atoms with van der Waals surface area (Å²) in [7, 11) is 0. The third-order valence-corrected chi connectivity index (χ3v) is 7.17. The van der Waals surface area contributed by atoms with E-state index in [1.807, 2.05) is 0 Å². The second-order valence-corrected chi connectivity index (χ2v) is 9.49. The first-order chi connectivity index (χ1) is 17.8. The largest absolute Gasteiger partial charge is 0.481 e. The number of allylic oxidation sites excluding steroid dienone is 2. The Bertz CT molecular complexity index is 1230. The number of carboxylic acids is 1. The van der Waals surface area contributed by atoms with Crippen LogP contribution in [-0.2, 0) is 28.6 Å². The second kappa shape index (κ2) is 10.4. The monoisotopic (exact) mass is 510 g/mol. The summed E-state index contributed by atoms with van der Waals surface area (Å²) < 4.78 is 21.7. The van der Waals surface area contributed by atoms with Gasteiger partial charge in [0.1, 0.15) is 11.5 Å². The minimum atomic E-state index is -1.21.